The highest BCUT2D eigenvalue weighted by Crippen LogP contribution is 2.26. The minimum atomic E-state index is -1.68. The molecule has 6 heteroatoms. The summed E-state index contributed by atoms with van der Waals surface area (Å²) in [6, 6.07) is 1.51. The average molecular weight is 258 g/mol. The molecule has 2 atom stereocenters. The van der Waals surface area contributed by atoms with Gasteiger partial charge in [0.1, 0.15) is 6.10 Å². The Morgan fingerprint density at radius 2 is 2.12 bits per heavy atom. The Morgan fingerprint density at radius 3 is 2.65 bits per heavy atom. The molecular formula is C11H14O5S. The summed E-state index contributed by atoms with van der Waals surface area (Å²) in [4.78, 5) is 22.8. The molecule has 0 spiro atoms. The van der Waals surface area contributed by atoms with Crippen LogP contribution >= 0.6 is 11.3 Å². The smallest absolute Gasteiger partial charge is 0.338 e. The number of ether oxygens (including phenoxy) is 1. The van der Waals surface area contributed by atoms with Crippen molar-refractivity contribution in [2.45, 2.75) is 26.1 Å². The molecule has 0 aliphatic rings. The number of Topliss-reactive ketones (excluding diaryl/α,β-unsaturated/α-hetero) is 1. The minimum Gasteiger partial charge on any atom is -0.464 e. The SMILES string of the molecule is CCOC(=O)C(O)C(O)c1ccsc1C(C)=O. The molecule has 0 fully saturated rings. The van der Waals surface area contributed by atoms with Gasteiger partial charge in [0.15, 0.2) is 11.9 Å². The topological polar surface area (TPSA) is 83.8 Å². The average Bonchev–Trinajstić information content (AvgIpc) is 2.76. The molecule has 17 heavy (non-hydrogen) atoms. The van der Waals surface area contributed by atoms with E-state index in [-0.39, 0.29) is 18.0 Å². The first kappa shape index (κ1) is 13.8. The number of hydrogen-bond donors (Lipinski definition) is 2. The molecule has 0 aliphatic carbocycles. The summed E-state index contributed by atoms with van der Waals surface area (Å²) in [6.45, 7) is 3.08. The van der Waals surface area contributed by atoms with Crippen LogP contribution in [-0.2, 0) is 9.53 Å². The summed E-state index contributed by atoms with van der Waals surface area (Å²) in [7, 11) is 0. The molecule has 1 aromatic rings. The lowest BCUT2D eigenvalue weighted by molar-refractivity contribution is -0.159. The molecule has 0 aromatic carbocycles. The molecule has 94 valence electrons. The minimum absolute atomic E-state index is 0.117. The van der Waals surface area contributed by atoms with Gasteiger partial charge in [-0.1, -0.05) is 0 Å². The van der Waals surface area contributed by atoms with E-state index in [0.717, 1.165) is 11.3 Å². The lowest BCUT2D eigenvalue weighted by Crippen LogP contribution is -2.30. The van der Waals surface area contributed by atoms with Crippen molar-refractivity contribution in [2.24, 2.45) is 0 Å². The Kier molecular flexibility index (Phi) is 4.80. The third-order valence-electron chi connectivity index (χ3n) is 2.16. The predicted octanol–water partition coefficient (Wildman–Crippen LogP) is 0.908. The number of rotatable bonds is 5. The van der Waals surface area contributed by atoms with Crippen molar-refractivity contribution in [3.8, 4) is 0 Å². The summed E-state index contributed by atoms with van der Waals surface area (Å²) >= 11 is 1.16. The monoisotopic (exact) mass is 258 g/mol. The van der Waals surface area contributed by atoms with E-state index in [4.69, 9.17) is 0 Å². The van der Waals surface area contributed by atoms with Crippen molar-refractivity contribution in [3.63, 3.8) is 0 Å². The first-order chi connectivity index (χ1) is 7.99. The summed E-state index contributed by atoms with van der Waals surface area (Å²) in [5, 5.41) is 21.0. The van der Waals surface area contributed by atoms with E-state index in [1.165, 1.54) is 13.0 Å². The van der Waals surface area contributed by atoms with Crippen molar-refractivity contribution in [3.05, 3.63) is 21.9 Å². The van der Waals surface area contributed by atoms with Crippen LogP contribution in [-0.4, -0.2) is 34.7 Å². The van der Waals surface area contributed by atoms with Gasteiger partial charge in [-0.05, 0) is 25.3 Å². The predicted molar refractivity (Wildman–Crippen MR) is 61.9 cm³/mol. The molecule has 5 nitrogen and oxygen atoms in total. The number of thiophene rings is 1. The first-order valence-electron chi connectivity index (χ1n) is 5.10. The summed E-state index contributed by atoms with van der Waals surface area (Å²) in [5.41, 5.74) is 0.253. The first-order valence-corrected chi connectivity index (χ1v) is 5.98. The van der Waals surface area contributed by atoms with Gasteiger partial charge in [-0.2, -0.15) is 0 Å². The molecule has 1 rings (SSSR count). The van der Waals surface area contributed by atoms with Gasteiger partial charge in [0.25, 0.3) is 0 Å². The van der Waals surface area contributed by atoms with Crippen LogP contribution in [0.5, 0.6) is 0 Å². The standard InChI is InChI=1S/C11H14O5S/c1-3-16-11(15)9(14)8(13)7-4-5-17-10(7)6(2)12/h4-5,8-9,13-14H,3H2,1-2H3. The molecule has 2 N–H and O–H groups in total. The van der Waals surface area contributed by atoms with Gasteiger partial charge in [0.05, 0.1) is 11.5 Å². The van der Waals surface area contributed by atoms with E-state index >= 15 is 0 Å². The van der Waals surface area contributed by atoms with E-state index in [1.54, 1.807) is 12.3 Å². The van der Waals surface area contributed by atoms with Crippen LogP contribution in [0.2, 0.25) is 0 Å². The van der Waals surface area contributed by atoms with Crippen LogP contribution in [0.25, 0.3) is 0 Å². The van der Waals surface area contributed by atoms with Crippen LogP contribution in [0.4, 0.5) is 0 Å². The largest absolute Gasteiger partial charge is 0.464 e. The maximum absolute atomic E-state index is 11.3. The normalized spacial score (nSPS) is 14.1. The maximum atomic E-state index is 11.3. The van der Waals surface area contributed by atoms with E-state index in [2.05, 4.69) is 4.74 Å². The van der Waals surface area contributed by atoms with Crippen molar-refractivity contribution < 1.29 is 24.5 Å². The lowest BCUT2D eigenvalue weighted by atomic mass is 10.0. The zero-order valence-corrected chi connectivity index (χ0v) is 10.4. The molecule has 0 bridgehead atoms. The van der Waals surface area contributed by atoms with Gasteiger partial charge >= 0.3 is 5.97 Å². The summed E-state index contributed by atoms with van der Waals surface area (Å²) in [6.07, 6.45) is -3.12. The van der Waals surface area contributed by atoms with Crippen molar-refractivity contribution in [1.82, 2.24) is 0 Å². The maximum Gasteiger partial charge on any atom is 0.338 e. The van der Waals surface area contributed by atoms with E-state index in [9.17, 15) is 19.8 Å². The molecule has 1 heterocycles. The van der Waals surface area contributed by atoms with Crippen LogP contribution in [0, 0.1) is 0 Å². The Labute approximate surface area is 103 Å². The number of aliphatic hydroxyl groups excluding tert-OH is 2. The van der Waals surface area contributed by atoms with Gasteiger partial charge in [-0.3, -0.25) is 4.79 Å². The molecular weight excluding hydrogens is 244 g/mol. The highest BCUT2D eigenvalue weighted by atomic mass is 32.1. The second kappa shape index (κ2) is 5.90. The zero-order valence-electron chi connectivity index (χ0n) is 9.54. The molecule has 1 aromatic heterocycles. The second-order valence-corrected chi connectivity index (χ2v) is 4.32. The molecule has 0 amide bonds. The quantitative estimate of drug-likeness (QED) is 0.605. The fourth-order valence-corrected chi connectivity index (χ4v) is 2.21. The highest BCUT2D eigenvalue weighted by molar-refractivity contribution is 7.12. The van der Waals surface area contributed by atoms with Crippen molar-refractivity contribution >= 4 is 23.1 Å². The van der Waals surface area contributed by atoms with E-state index in [1.807, 2.05) is 0 Å². The molecule has 0 radical (unpaired) electrons. The molecule has 0 saturated carbocycles. The van der Waals surface area contributed by atoms with Gasteiger partial charge in [-0.15, -0.1) is 11.3 Å². The van der Waals surface area contributed by atoms with Gasteiger partial charge in [0.2, 0.25) is 0 Å². The van der Waals surface area contributed by atoms with Crippen molar-refractivity contribution in [2.75, 3.05) is 6.61 Å². The number of ketones is 1. The Bertz CT molecular complexity index is 412. The Morgan fingerprint density at radius 1 is 1.47 bits per heavy atom. The van der Waals surface area contributed by atoms with Crippen LogP contribution < -0.4 is 0 Å². The fourth-order valence-electron chi connectivity index (χ4n) is 1.36. The van der Waals surface area contributed by atoms with E-state index in [0.29, 0.717) is 4.88 Å². The third-order valence-corrected chi connectivity index (χ3v) is 3.19. The Hall–Kier alpha value is -1.24. The van der Waals surface area contributed by atoms with Crippen LogP contribution in [0.15, 0.2) is 11.4 Å². The van der Waals surface area contributed by atoms with Crippen LogP contribution in [0.3, 0.4) is 0 Å². The summed E-state index contributed by atoms with van der Waals surface area (Å²) in [5.74, 6) is -1.12. The number of aliphatic hydroxyl groups is 2. The van der Waals surface area contributed by atoms with Crippen molar-refractivity contribution in [1.29, 1.82) is 0 Å². The number of carbonyl (C=O) groups is 2. The molecule has 0 saturated heterocycles. The highest BCUT2D eigenvalue weighted by Gasteiger charge is 2.29. The van der Waals surface area contributed by atoms with Gasteiger partial charge in [0, 0.05) is 5.56 Å². The molecule has 2 unspecified atom stereocenters. The number of esters is 1. The number of carbonyl (C=O) groups excluding carboxylic acids is 2. The third kappa shape index (κ3) is 3.12. The fraction of sp³-hybridized carbons (Fsp3) is 0.455. The van der Waals surface area contributed by atoms with E-state index < -0.39 is 18.2 Å². The zero-order chi connectivity index (χ0) is 13.0. The van der Waals surface area contributed by atoms with Crippen LogP contribution in [0.1, 0.15) is 35.2 Å². The Balaban J connectivity index is 2.88. The molecule has 0 aliphatic heterocycles. The summed E-state index contributed by atoms with van der Waals surface area (Å²) < 4.78 is 4.59. The second-order valence-electron chi connectivity index (χ2n) is 3.40. The van der Waals surface area contributed by atoms with Gasteiger partial charge in [-0.25, -0.2) is 4.79 Å². The lowest BCUT2D eigenvalue weighted by Gasteiger charge is -2.16. The van der Waals surface area contributed by atoms with Gasteiger partial charge < -0.3 is 14.9 Å². The number of hydrogen-bond acceptors (Lipinski definition) is 6.